The molecule has 1 fully saturated rings. The first-order chi connectivity index (χ1) is 9.80. The van der Waals surface area contributed by atoms with Gasteiger partial charge in [-0.15, -0.1) is 12.4 Å². The van der Waals surface area contributed by atoms with E-state index in [1.165, 1.54) is 4.31 Å². The summed E-state index contributed by atoms with van der Waals surface area (Å²) < 4.78 is 32.1. The van der Waals surface area contributed by atoms with Gasteiger partial charge in [-0.1, -0.05) is 20.8 Å². The zero-order valence-corrected chi connectivity index (χ0v) is 14.9. The number of hydrogen-bond acceptors (Lipinski definition) is 4. The molecule has 1 aromatic rings. The van der Waals surface area contributed by atoms with Crippen LogP contribution in [0.1, 0.15) is 20.8 Å². The van der Waals surface area contributed by atoms with Crippen molar-refractivity contribution in [3.63, 3.8) is 0 Å². The number of benzene rings is 1. The SMILES string of the molecule is CC(C)COc1ccc(S(=O)(=O)N2CC(C)C(N)C2)cc1.Cl. The molecule has 0 amide bonds. The molecule has 0 saturated carbocycles. The molecule has 7 heteroatoms. The number of rotatable bonds is 5. The lowest BCUT2D eigenvalue weighted by Crippen LogP contribution is -2.32. The van der Waals surface area contributed by atoms with Crippen molar-refractivity contribution in [1.29, 1.82) is 0 Å². The smallest absolute Gasteiger partial charge is 0.243 e. The van der Waals surface area contributed by atoms with E-state index in [1.54, 1.807) is 24.3 Å². The fraction of sp³-hybridized carbons (Fsp3) is 0.600. The van der Waals surface area contributed by atoms with E-state index in [0.717, 1.165) is 0 Å². The van der Waals surface area contributed by atoms with Crippen LogP contribution in [0.15, 0.2) is 29.2 Å². The molecule has 0 bridgehead atoms. The minimum absolute atomic E-state index is 0. The topological polar surface area (TPSA) is 72.6 Å². The summed E-state index contributed by atoms with van der Waals surface area (Å²) in [5.41, 5.74) is 5.91. The van der Waals surface area contributed by atoms with E-state index >= 15 is 0 Å². The summed E-state index contributed by atoms with van der Waals surface area (Å²) in [4.78, 5) is 0.292. The highest BCUT2D eigenvalue weighted by atomic mass is 35.5. The van der Waals surface area contributed by atoms with Gasteiger partial charge in [0.2, 0.25) is 10.0 Å². The van der Waals surface area contributed by atoms with Crippen LogP contribution in [0.4, 0.5) is 0 Å². The summed E-state index contributed by atoms with van der Waals surface area (Å²) in [7, 11) is -3.45. The van der Waals surface area contributed by atoms with Crippen molar-refractivity contribution in [2.75, 3.05) is 19.7 Å². The van der Waals surface area contributed by atoms with Gasteiger partial charge in [0, 0.05) is 19.1 Å². The lowest BCUT2D eigenvalue weighted by molar-refractivity contribution is 0.271. The molecule has 5 nitrogen and oxygen atoms in total. The predicted octanol–water partition coefficient (Wildman–Crippen LogP) is 2.11. The van der Waals surface area contributed by atoms with Crippen LogP contribution in [0.2, 0.25) is 0 Å². The fourth-order valence-electron chi connectivity index (χ4n) is 2.26. The van der Waals surface area contributed by atoms with Crippen molar-refractivity contribution < 1.29 is 13.2 Å². The van der Waals surface area contributed by atoms with Gasteiger partial charge in [0.15, 0.2) is 0 Å². The maximum Gasteiger partial charge on any atom is 0.243 e. The van der Waals surface area contributed by atoms with Gasteiger partial charge in [-0.25, -0.2) is 8.42 Å². The maximum atomic E-state index is 12.5. The molecule has 1 aromatic carbocycles. The van der Waals surface area contributed by atoms with Gasteiger partial charge in [-0.2, -0.15) is 4.31 Å². The third-order valence-electron chi connectivity index (χ3n) is 3.68. The van der Waals surface area contributed by atoms with E-state index < -0.39 is 10.0 Å². The number of hydrogen-bond donors (Lipinski definition) is 1. The molecule has 2 rings (SSSR count). The molecule has 0 spiro atoms. The summed E-state index contributed by atoms with van der Waals surface area (Å²) >= 11 is 0. The van der Waals surface area contributed by atoms with Crippen LogP contribution in [0.5, 0.6) is 5.75 Å². The second-order valence-corrected chi connectivity index (χ2v) is 8.08. The Balaban J connectivity index is 0.00000242. The molecule has 1 heterocycles. The standard InChI is InChI=1S/C15H24N2O3S.ClH/c1-11(2)10-20-13-4-6-14(7-5-13)21(18,19)17-8-12(3)15(16)9-17;/h4-7,11-12,15H,8-10,16H2,1-3H3;1H. The van der Waals surface area contributed by atoms with Gasteiger partial charge in [0.1, 0.15) is 5.75 Å². The second kappa shape index (κ2) is 7.64. The van der Waals surface area contributed by atoms with E-state index in [9.17, 15) is 8.42 Å². The Kier molecular flexibility index (Phi) is 6.67. The largest absolute Gasteiger partial charge is 0.493 e. The van der Waals surface area contributed by atoms with Gasteiger partial charge < -0.3 is 10.5 Å². The molecule has 1 aliphatic heterocycles. The fourth-order valence-corrected chi connectivity index (χ4v) is 3.84. The molecule has 2 unspecified atom stereocenters. The molecule has 126 valence electrons. The van der Waals surface area contributed by atoms with Crippen LogP contribution in [0, 0.1) is 11.8 Å². The van der Waals surface area contributed by atoms with Crippen LogP contribution in [-0.4, -0.2) is 38.5 Å². The second-order valence-electron chi connectivity index (χ2n) is 6.14. The van der Waals surface area contributed by atoms with Crippen LogP contribution in [0.3, 0.4) is 0 Å². The monoisotopic (exact) mass is 348 g/mol. The molecular formula is C15H25ClN2O3S. The third kappa shape index (κ3) is 4.35. The number of halogens is 1. The van der Waals surface area contributed by atoms with Crippen molar-refractivity contribution in [2.45, 2.75) is 31.7 Å². The quantitative estimate of drug-likeness (QED) is 0.884. The summed E-state index contributed by atoms with van der Waals surface area (Å²) in [6.07, 6.45) is 0. The van der Waals surface area contributed by atoms with E-state index in [1.807, 2.05) is 6.92 Å². The molecule has 1 aliphatic rings. The van der Waals surface area contributed by atoms with Crippen molar-refractivity contribution >= 4 is 22.4 Å². The van der Waals surface area contributed by atoms with Crippen molar-refractivity contribution in [1.82, 2.24) is 4.31 Å². The molecule has 0 aromatic heterocycles. The number of nitrogens with two attached hydrogens (primary N) is 1. The normalized spacial score (nSPS) is 22.6. The summed E-state index contributed by atoms with van der Waals surface area (Å²) in [5.74, 6) is 1.31. The van der Waals surface area contributed by atoms with E-state index in [2.05, 4.69) is 13.8 Å². The van der Waals surface area contributed by atoms with Gasteiger partial charge in [-0.05, 0) is 36.1 Å². The van der Waals surface area contributed by atoms with Gasteiger partial charge in [0.25, 0.3) is 0 Å². The molecular weight excluding hydrogens is 324 g/mol. The highest BCUT2D eigenvalue weighted by Crippen LogP contribution is 2.25. The molecule has 2 atom stereocenters. The van der Waals surface area contributed by atoms with Crippen molar-refractivity contribution in [3.05, 3.63) is 24.3 Å². The lowest BCUT2D eigenvalue weighted by atomic mass is 10.1. The highest BCUT2D eigenvalue weighted by molar-refractivity contribution is 7.89. The lowest BCUT2D eigenvalue weighted by Gasteiger charge is -2.16. The summed E-state index contributed by atoms with van der Waals surface area (Å²) in [5, 5.41) is 0. The molecule has 0 radical (unpaired) electrons. The summed E-state index contributed by atoms with van der Waals surface area (Å²) in [6.45, 7) is 7.59. The third-order valence-corrected chi connectivity index (χ3v) is 5.53. The van der Waals surface area contributed by atoms with Gasteiger partial charge in [-0.3, -0.25) is 0 Å². The molecule has 1 saturated heterocycles. The molecule has 0 aliphatic carbocycles. The Morgan fingerprint density at radius 3 is 2.32 bits per heavy atom. The van der Waals surface area contributed by atoms with Gasteiger partial charge in [0.05, 0.1) is 11.5 Å². The minimum Gasteiger partial charge on any atom is -0.493 e. The maximum absolute atomic E-state index is 12.5. The Hall–Kier alpha value is -0.820. The van der Waals surface area contributed by atoms with Crippen LogP contribution < -0.4 is 10.5 Å². The number of ether oxygens (including phenoxy) is 1. The Labute approximate surface area is 139 Å². The zero-order valence-electron chi connectivity index (χ0n) is 13.2. The van der Waals surface area contributed by atoms with E-state index in [4.69, 9.17) is 10.5 Å². The van der Waals surface area contributed by atoms with E-state index in [0.29, 0.717) is 36.3 Å². The van der Waals surface area contributed by atoms with Crippen LogP contribution >= 0.6 is 12.4 Å². The Bertz CT molecular complexity index is 565. The van der Waals surface area contributed by atoms with Crippen molar-refractivity contribution in [2.24, 2.45) is 17.6 Å². The van der Waals surface area contributed by atoms with Gasteiger partial charge >= 0.3 is 0 Å². The molecule has 2 N–H and O–H groups in total. The minimum atomic E-state index is -3.45. The first-order valence-electron chi connectivity index (χ1n) is 7.29. The number of nitrogens with zero attached hydrogens (tertiary/aromatic N) is 1. The number of sulfonamides is 1. The molecule has 22 heavy (non-hydrogen) atoms. The van der Waals surface area contributed by atoms with Crippen LogP contribution in [0.25, 0.3) is 0 Å². The first kappa shape index (κ1) is 19.2. The Morgan fingerprint density at radius 1 is 1.27 bits per heavy atom. The highest BCUT2D eigenvalue weighted by Gasteiger charge is 2.35. The summed E-state index contributed by atoms with van der Waals surface area (Å²) in [6, 6.07) is 6.51. The average Bonchev–Trinajstić information content (AvgIpc) is 2.77. The van der Waals surface area contributed by atoms with Crippen LogP contribution in [-0.2, 0) is 10.0 Å². The van der Waals surface area contributed by atoms with E-state index in [-0.39, 0.29) is 24.4 Å². The van der Waals surface area contributed by atoms with Crippen molar-refractivity contribution in [3.8, 4) is 5.75 Å². The average molecular weight is 349 g/mol. The first-order valence-corrected chi connectivity index (χ1v) is 8.73. The zero-order chi connectivity index (χ0) is 15.6. The Morgan fingerprint density at radius 2 is 1.86 bits per heavy atom. The predicted molar refractivity (Wildman–Crippen MR) is 89.9 cm³/mol.